The molecule has 1 rings (SSSR count). The highest BCUT2D eigenvalue weighted by Gasteiger charge is 2.09. The maximum Gasteiger partial charge on any atom is 0.0918 e. The molecule has 0 unspecified atom stereocenters. The largest absolute Gasteiger partial charge is 0.388 e. The van der Waals surface area contributed by atoms with E-state index in [-0.39, 0.29) is 5.84 Å². The van der Waals surface area contributed by atoms with Gasteiger partial charge in [-0.2, -0.15) is 0 Å². The molecule has 4 heteroatoms. The van der Waals surface area contributed by atoms with E-state index in [2.05, 4.69) is 4.90 Å². The fraction of sp³-hybridized carbons (Fsp3) is 0.857. The maximum absolute atomic E-state index is 7.03. The van der Waals surface area contributed by atoms with Crippen LogP contribution in [0.2, 0.25) is 0 Å². The highest BCUT2D eigenvalue weighted by molar-refractivity contribution is 5.76. The third kappa shape index (κ3) is 3.34. The lowest BCUT2D eigenvalue weighted by Gasteiger charge is -2.26. The quantitative estimate of drug-likeness (QED) is 0.434. The predicted octanol–water partition coefficient (Wildman–Crippen LogP) is -0.355. The molecular weight excluding hydrogens is 142 g/mol. The van der Waals surface area contributed by atoms with E-state index in [1.54, 1.807) is 0 Å². The van der Waals surface area contributed by atoms with Crippen LogP contribution in [0.5, 0.6) is 0 Å². The molecule has 11 heavy (non-hydrogen) atoms. The summed E-state index contributed by atoms with van der Waals surface area (Å²) >= 11 is 0. The Morgan fingerprint density at radius 1 is 1.45 bits per heavy atom. The Labute approximate surface area is 66.8 Å². The number of hydrogen-bond acceptors (Lipinski definition) is 3. The van der Waals surface area contributed by atoms with Gasteiger partial charge in [0.05, 0.1) is 19.0 Å². The van der Waals surface area contributed by atoms with Crippen molar-refractivity contribution in [2.45, 2.75) is 6.42 Å². The zero-order chi connectivity index (χ0) is 8.10. The summed E-state index contributed by atoms with van der Waals surface area (Å²) in [7, 11) is 0. The van der Waals surface area contributed by atoms with Gasteiger partial charge in [-0.3, -0.25) is 10.3 Å². The summed E-state index contributed by atoms with van der Waals surface area (Å²) in [5.74, 6) is 0.275. The highest BCUT2D eigenvalue weighted by Crippen LogP contribution is 1.96. The molecule has 0 saturated carbocycles. The van der Waals surface area contributed by atoms with Crippen LogP contribution in [0.4, 0.5) is 0 Å². The zero-order valence-corrected chi connectivity index (χ0v) is 6.68. The summed E-state index contributed by atoms with van der Waals surface area (Å²) in [5, 5.41) is 7.03. The topological polar surface area (TPSA) is 62.3 Å². The van der Waals surface area contributed by atoms with Crippen molar-refractivity contribution in [3.05, 3.63) is 0 Å². The van der Waals surface area contributed by atoms with Crippen molar-refractivity contribution >= 4 is 5.84 Å². The summed E-state index contributed by atoms with van der Waals surface area (Å²) in [6.45, 7) is 4.50. The molecule has 1 aliphatic heterocycles. The molecule has 0 aromatic carbocycles. The van der Waals surface area contributed by atoms with Crippen molar-refractivity contribution in [1.29, 1.82) is 5.41 Å². The number of morpholine rings is 1. The van der Waals surface area contributed by atoms with E-state index < -0.39 is 0 Å². The Balaban J connectivity index is 2.09. The van der Waals surface area contributed by atoms with Gasteiger partial charge < -0.3 is 10.5 Å². The first-order chi connectivity index (χ1) is 5.29. The number of nitrogens with two attached hydrogens (primary N) is 1. The third-order valence-corrected chi connectivity index (χ3v) is 1.80. The van der Waals surface area contributed by atoms with Crippen LogP contribution in [0.1, 0.15) is 6.42 Å². The minimum absolute atomic E-state index is 0.275. The van der Waals surface area contributed by atoms with Crippen molar-refractivity contribution in [2.75, 3.05) is 32.8 Å². The Morgan fingerprint density at radius 2 is 2.09 bits per heavy atom. The molecule has 0 spiro atoms. The molecule has 0 aromatic heterocycles. The minimum atomic E-state index is 0.275. The Bertz CT molecular complexity index is 132. The normalized spacial score (nSPS) is 20.0. The van der Waals surface area contributed by atoms with Gasteiger partial charge in [0.1, 0.15) is 0 Å². The molecule has 1 saturated heterocycles. The van der Waals surface area contributed by atoms with E-state index >= 15 is 0 Å². The molecule has 0 radical (unpaired) electrons. The van der Waals surface area contributed by atoms with Gasteiger partial charge in [0, 0.05) is 26.1 Å². The van der Waals surface area contributed by atoms with Crippen LogP contribution in [-0.2, 0) is 4.74 Å². The van der Waals surface area contributed by atoms with Crippen LogP contribution in [0.15, 0.2) is 0 Å². The Morgan fingerprint density at radius 3 is 2.64 bits per heavy atom. The standard InChI is InChI=1S/C7H15N3O/c8-7(9)1-2-10-3-5-11-6-4-10/h1-6H2,(H3,8,9). The third-order valence-electron chi connectivity index (χ3n) is 1.80. The van der Waals surface area contributed by atoms with Gasteiger partial charge in [-0.05, 0) is 0 Å². The van der Waals surface area contributed by atoms with Crippen molar-refractivity contribution < 1.29 is 4.74 Å². The number of hydrogen-bond donors (Lipinski definition) is 2. The van der Waals surface area contributed by atoms with Gasteiger partial charge in [0.25, 0.3) is 0 Å². The fourth-order valence-corrected chi connectivity index (χ4v) is 1.10. The molecule has 1 fully saturated rings. The lowest BCUT2D eigenvalue weighted by Crippen LogP contribution is -2.38. The molecular formula is C7H15N3O. The van der Waals surface area contributed by atoms with E-state index in [1.165, 1.54) is 0 Å². The van der Waals surface area contributed by atoms with Crippen molar-refractivity contribution in [1.82, 2.24) is 4.90 Å². The lowest BCUT2D eigenvalue weighted by atomic mass is 10.3. The summed E-state index contributed by atoms with van der Waals surface area (Å²) in [5.41, 5.74) is 5.23. The average Bonchev–Trinajstić information content (AvgIpc) is 2.03. The second kappa shape index (κ2) is 4.31. The first-order valence-electron chi connectivity index (χ1n) is 3.92. The fourth-order valence-electron chi connectivity index (χ4n) is 1.10. The second-order valence-corrected chi connectivity index (χ2v) is 2.73. The van der Waals surface area contributed by atoms with Crippen LogP contribution in [0.3, 0.4) is 0 Å². The summed E-state index contributed by atoms with van der Waals surface area (Å²) in [6.07, 6.45) is 0.681. The summed E-state index contributed by atoms with van der Waals surface area (Å²) in [4.78, 5) is 2.27. The monoisotopic (exact) mass is 157 g/mol. The van der Waals surface area contributed by atoms with Gasteiger partial charge in [-0.25, -0.2) is 0 Å². The van der Waals surface area contributed by atoms with Gasteiger partial charge >= 0.3 is 0 Å². The van der Waals surface area contributed by atoms with E-state index in [4.69, 9.17) is 15.9 Å². The first-order valence-corrected chi connectivity index (χ1v) is 3.92. The zero-order valence-electron chi connectivity index (χ0n) is 6.68. The van der Waals surface area contributed by atoms with Gasteiger partial charge in [0.2, 0.25) is 0 Å². The van der Waals surface area contributed by atoms with E-state index in [0.717, 1.165) is 32.8 Å². The molecule has 0 aliphatic carbocycles. The number of amidine groups is 1. The van der Waals surface area contributed by atoms with Gasteiger partial charge in [0.15, 0.2) is 0 Å². The molecule has 64 valence electrons. The van der Waals surface area contributed by atoms with Crippen LogP contribution < -0.4 is 5.73 Å². The van der Waals surface area contributed by atoms with Crippen LogP contribution in [0, 0.1) is 5.41 Å². The number of rotatable bonds is 3. The van der Waals surface area contributed by atoms with Crippen molar-refractivity contribution in [3.8, 4) is 0 Å². The minimum Gasteiger partial charge on any atom is -0.388 e. The second-order valence-electron chi connectivity index (χ2n) is 2.73. The van der Waals surface area contributed by atoms with Gasteiger partial charge in [-0.15, -0.1) is 0 Å². The number of nitrogens with zero attached hydrogens (tertiary/aromatic N) is 1. The number of nitrogens with one attached hydrogen (secondary N) is 1. The van der Waals surface area contributed by atoms with Crippen molar-refractivity contribution in [2.24, 2.45) is 5.73 Å². The van der Waals surface area contributed by atoms with E-state index in [1.807, 2.05) is 0 Å². The molecule has 0 amide bonds. The molecule has 3 N–H and O–H groups in total. The number of ether oxygens (including phenoxy) is 1. The predicted molar refractivity (Wildman–Crippen MR) is 43.8 cm³/mol. The maximum atomic E-state index is 7.03. The van der Waals surface area contributed by atoms with E-state index in [9.17, 15) is 0 Å². The Kier molecular flexibility index (Phi) is 3.32. The SMILES string of the molecule is N=C(N)CCN1CCOCC1. The molecule has 1 aliphatic rings. The van der Waals surface area contributed by atoms with E-state index in [0.29, 0.717) is 6.42 Å². The smallest absolute Gasteiger partial charge is 0.0918 e. The average molecular weight is 157 g/mol. The molecule has 0 atom stereocenters. The highest BCUT2D eigenvalue weighted by atomic mass is 16.5. The summed E-state index contributed by atoms with van der Waals surface area (Å²) < 4.78 is 5.18. The van der Waals surface area contributed by atoms with Crippen LogP contribution in [0.25, 0.3) is 0 Å². The summed E-state index contributed by atoms with van der Waals surface area (Å²) in [6, 6.07) is 0. The molecule has 0 aromatic rings. The van der Waals surface area contributed by atoms with Crippen molar-refractivity contribution in [3.63, 3.8) is 0 Å². The molecule has 4 nitrogen and oxygen atoms in total. The van der Waals surface area contributed by atoms with Crippen LogP contribution >= 0.6 is 0 Å². The Hall–Kier alpha value is -0.610. The first kappa shape index (κ1) is 8.49. The molecule has 0 bridgehead atoms. The lowest BCUT2D eigenvalue weighted by molar-refractivity contribution is 0.0391. The molecule has 1 heterocycles. The van der Waals surface area contributed by atoms with Crippen LogP contribution in [-0.4, -0.2) is 43.6 Å². The van der Waals surface area contributed by atoms with Gasteiger partial charge in [-0.1, -0.05) is 0 Å².